The lowest BCUT2D eigenvalue weighted by atomic mass is 9.80. The number of benzene rings is 1. The van der Waals surface area contributed by atoms with E-state index in [1.807, 2.05) is 6.92 Å². The number of ether oxygens (including phenoxy) is 2. The number of rotatable bonds is 10. The van der Waals surface area contributed by atoms with E-state index in [9.17, 15) is 19.7 Å². The standard InChI is InChI=1S/C22H26N2O6S/c1-5-10-29-21(25)18-14(3)23-15(4)19(22(26)30-11-12-31-6-2)20(18)16-8-7-9-17(13-16)24(27)28/h5,7-9,13,20,23H,1,6,10-12H2,2-4H3/t20-/m1/s1. The smallest absolute Gasteiger partial charge is 0.337 e. The van der Waals surface area contributed by atoms with Gasteiger partial charge in [-0.15, -0.1) is 0 Å². The number of hydrogen-bond acceptors (Lipinski definition) is 8. The van der Waals surface area contributed by atoms with Gasteiger partial charge in [0.2, 0.25) is 0 Å². The molecule has 0 unspecified atom stereocenters. The number of nitro benzene ring substituents is 1. The average molecular weight is 447 g/mol. The van der Waals surface area contributed by atoms with Crippen LogP contribution in [0.1, 0.15) is 32.3 Å². The minimum atomic E-state index is -0.871. The first-order valence-corrected chi connectivity index (χ1v) is 10.9. The summed E-state index contributed by atoms with van der Waals surface area (Å²) in [6.07, 6.45) is 1.44. The third-order valence-corrected chi connectivity index (χ3v) is 5.48. The van der Waals surface area contributed by atoms with Crippen molar-refractivity contribution >= 4 is 29.4 Å². The Kier molecular flexibility index (Phi) is 8.87. The van der Waals surface area contributed by atoms with E-state index in [0.29, 0.717) is 22.7 Å². The number of nitro groups is 1. The number of non-ortho nitro benzene ring substituents is 1. The van der Waals surface area contributed by atoms with Gasteiger partial charge < -0.3 is 14.8 Å². The molecule has 0 aromatic heterocycles. The molecule has 1 heterocycles. The second kappa shape index (κ2) is 11.4. The third kappa shape index (κ3) is 5.97. The molecule has 0 saturated carbocycles. The number of thioether (sulfide) groups is 1. The topological polar surface area (TPSA) is 108 Å². The molecule has 0 amide bonds. The van der Waals surface area contributed by atoms with E-state index in [1.165, 1.54) is 24.3 Å². The lowest BCUT2D eigenvalue weighted by Gasteiger charge is -2.30. The molecular weight excluding hydrogens is 420 g/mol. The molecule has 8 nitrogen and oxygen atoms in total. The monoisotopic (exact) mass is 446 g/mol. The maximum absolute atomic E-state index is 13.0. The number of nitrogens with zero attached hydrogens (tertiary/aromatic N) is 1. The Morgan fingerprint density at radius 3 is 2.45 bits per heavy atom. The molecule has 31 heavy (non-hydrogen) atoms. The van der Waals surface area contributed by atoms with Crippen molar-refractivity contribution in [1.29, 1.82) is 0 Å². The SMILES string of the molecule is C=CCOC(=O)C1=C(C)NC(C)=C(C(=O)OCCSCC)[C@@H]1c1cccc([N+](=O)[O-])c1. The zero-order chi connectivity index (χ0) is 23.0. The summed E-state index contributed by atoms with van der Waals surface area (Å²) in [6.45, 7) is 9.16. The van der Waals surface area contributed by atoms with Crippen molar-refractivity contribution in [3.05, 3.63) is 75.1 Å². The zero-order valence-corrected chi connectivity index (χ0v) is 18.6. The van der Waals surface area contributed by atoms with Crippen LogP contribution in [0.5, 0.6) is 0 Å². The number of nitrogens with one attached hydrogen (secondary N) is 1. The minimum absolute atomic E-state index is 0.00596. The molecule has 1 atom stereocenters. The minimum Gasteiger partial charge on any atom is -0.461 e. The predicted molar refractivity (Wildman–Crippen MR) is 119 cm³/mol. The Labute approximate surface area is 185 Å². The largest absolute Gasteiger partial charge is 0.461 e. The van der Waals surface area contributed by atoms with Crippen molar-refractivity contribution in [1.82, 2.24) is 5.32 Å². The summed E-state index contributed by atoms with van der Waals surface area (Å²) in [4.78, 5) is 36.7. The number of esters is 2. The van der Waals surface area contributed by atoms with Crippen LogP contribution in [0.25, 0.3) is 0 Å². The van der Waals surface area contributed by atoms with Gasteiger partial charge in [0, 0.05) is 29.3 Å². The fourth-order valence-corrected chi connectivity index (χ4v) is 3.80. The van der Waals surface area contributed by atoms with Gasteiger partial charge in [-0.1, -0.05) is 31.7 Å². The lowest BCUT2D eigenvalue weighted by Crippen LogP contribution is -2.32. The third-order valence-electron chi connectivity index (χ3n) is 4.61. The maximum Gasteiger partial charge on any atom is 0.337 e. The fraction of sp³-hybridized carbons (Fsp3) is 0.364. The molecule has 0 saturated heterocycles. The van der Waals surface area contributed by atoms with Crippen molar-refractivity contribution < 1.29 is 24.0 Å². The average Bonchev–Trinajstić information content (AvgIpc) is 2.74. The number of carbonyl (C=O) groups is 2. The summed E-state index contributed by atoms with van der Waals surface area (Å²) >= 11 is 1.64. The van der Waals surface area contributed by atoms with Gasteiger partial charge in [0.25, 0.3) is 5.69 Å². The Morgan fingerprint density at radius 1 is 1.23 bits per heavy atom. The van der Waals surface area contributed by atoms with E-state index in [0.717, 1.165) is 5.75 Å². The van der Waals surface area contributed by atoms with Crippen LogP contribution in [0.15, 0.2) is 59.5 Å². The highest BCUT2D eigenvalue weighted by Crippen LogP contribution is 2.40. The summed E-state index contributed by atoms with van der Waals surface area (Å²) in [5.74, 6) is -0.546. The Balaban J connectivity index is 2.53. The van der Waals surface area contributed by atoms with Crippen LogP contribution in [0.4, 0.5) is 5.69 Å². The molecule has 2 rings (SSSR count). The van der Waals surface area contributed by atoms with E-state index >= 15 is 0 Å². The van der Waals surface area contributed by atoms with Crippen LogP contribution in [-0.2, 0) is 19.1 Å². The molecule has 1 aliphatic heterocycles. The number of allylic oxidation sites excluding steroid dienone is 2. The van der Waals surface area contributed by atoms with Gasteiger partial charge in [-0.2, -0.15) is 11.8 Å². The molecule has 0 fully saturated rings. The van der Waals surface area contributed by atoms with Gasteiger partial charge >= 0.3 is 11.9 Å². The van der Waals surface area contributed by atoms with Crippen LogP contribution in [0, 0.1) is 10.1 Å². The quantitative estimate of drug-likeness (QED) is 0.190. The molecule has 1 aromatic rings. The van der Waals surface area contributed by atoms with E-state index in [4.69, 9.17) is 9.47 Å². The molecule has 9 heteroatoms. The molecule has 1 aromatic carbocycles. The summed E-state index contributed by atoms with van der Waals surface area (Å²) in [7, 11) is 0. The number of hydrogen-bond donors (Lipinski definition) is 1. The van der Waals surface area contributed by atoms with Crippen LogP contribution in [-0.4, -0.2) is 41.6 Å². The van der Waals surface area contributed by atoms with Crippen molar-refractivity contribution in [2.24, 2.45) is 0 Å². The molecule has 166 valence electrons. The molecule has 1 N–H and O–H groups in total. The van der Waals surface area contributed by atoms with Gasteiger partial charge in [0.05, 0.1) is 22.0 Å². The first-order chi connectivity index (χ1) is 14.8. The second-order valence-corrected chi connectivity index (χ2v) is 8.10. The van der Waals surface area contributed by atoms with Crippen molar-refractivity contribution in [3.8, 4) is 0 Å². The maximum atomic E-state index is 13.0. The van der Waals surface area contributed by atoms with Crippen LogP contribution in [0.3, 0.4) is 0 Å². The summed E-state index contributed by atoms with van der Waals surface area (Å²) in [5, 5.41) is 14.4. The van der Waals surface area contributed by atoms with Crippen LogP contribution >= 0.6 is 11.8 Å². The van der Waals surface area contributed by atoms with Crippen molar-refractivity contribution in [3.63, 3.8) is 0 Å². The second-order valence-electron chi connectivity index (χ2n) is 6.71. The van der Waals surface area contributed by atoms with Gasteiger partial charge in [-0.3, -0.25) is 10.1 Å². The Hall–Kier alpha value is -3.07. The molecule has 0 spiro atoms. The van der Waals surface area contributed by atoms with Gasteiger partial charge in [-0.05, 0) is 25.2 Å². The number of carbonyl (C=O) groups excluding carboxylic acids is 2. The van der Waals surface area contributed by atoms with Gasteiger partial charge in [-0.25, -0.2) is 9.59 Å². The number of dihydropyridines is 1. The van der Waals surface area contributed by atoms with E-state index < -0.39 is 22.8 Å². The zero-order valence-electron chi connectivity index (χ0n) is 17.8. The van der Waals surface area contributed by atoms with Crippen LogP contribution in [0.2, 0.25) is 0 Å². The Morgan fingerprint density at radius 2 is 1.87 bits per heavy atom. The van der Waals surface area contributed by atoms with E-state index in [-0.39, 0.29) is 30.0 Å². The van der Waals surface area contributed by atoms with Gasteiger partial charge in [0.1, 0.15) is 13.2 Å². The molecular formula is C22H26N2O6S. The Bertz CT molecular complexity index is 938. The molecule has 0 radical (unpaired) electrons. The molecule has 0 aliphatic carbocycles. The first-order valence-electron chi connectivity index (χ1n) is 9.77. The van der Waals surface area contributed by atoms with E-state index in [2.05, 4.69) is 11.9 Å². The lowest BCUT2D eigenvalue weighted by molar-refractivity contribution is -0.384. The molecule has 0 bridgehead atoms. The summed E-state index contributed by atoms with van der Waals surface area (Å²) < 4.78 is 10.7. The highest BCUT2D eigenvalue weighted by molar-refractivity contribution is 7.99. The van der Waals surface area contributed by atoms with Crippen molar-refractivity contribution in [2.75, 3.05) is 24.7 Å². The fourth-order valence-electron chi connectivity index (χ4n) is 3.31. The first kappa shape index (κ1) is 24.2. The van der Waals surface area contributed by atoms with E-state index in [1.54, 1.807) is 31.7 Å². The predicted octanol–water partition coefficient (Wildman–Crippen LogP) is 3.86. The van der Waals surface area contributed by atoms with Crippen molar-refractivity contribution in [2.45, 2.75) is 26.7 Å². The molecule has 1 aliphatic rings. The van der Waals surface area contributed by atoms with Crippen LogP contribution < -0.4 is 5.32 Å². The highest BCUT2D eigenvalue weighted by atomic mass is 32.2. The normalized spacial score (nSPS) is 15.9. The highest BCUT2D eigenvalue weighted by Gasteiger charge is 2.38. The summed E-state index contributed by atoms with van der Waals surface area (Å²) in [6, 6.07) is 5.88. The summed E-state index contributed by atoms with van der Waals surface area (Å²) in [5.41, 5.74) is 1.72. The van der Waals surface area contributed by atoms with Gasteiger partial charge in [0.15, 0.2) is 0 Å².